The van der Waals surface area contributed by atoms with Gasteiger partial charge in [0.2, 0.25) is 0 Å². The molecule has 2 amide bonds. The van der Waals surface area contributed by atoms with Gasteiger partial charge in [-0.2, -0.15) is 27.1 Å². The number of aromatic nitrogens is 3. The lowest BCUT2D eigenvalue weighted by Gasteiger charge is -2.23. The number of amides is 2. The molecule has 0 bridgehead atoms. The van der Waals surface area contributed by atoms with Crippen LogP contribution in [0.2, 0.25) is 0 Å². The fraction of sp³-hybridized carbons (Fsp3) is 0.250. The van der Waals surface area contributed by atoms with Gasteiger partial charge in [-0.05, 0) is 79.3 Å². The van der Waals surface area contributed by atoms with Gasteiger partial charge in [0.15, 0.2) is 17.3 Å². The first-order chi connectivity index (χ1) is 26.4. The van der Waals surface area contributed by atoms with E-state index in [9.17, 15) is 45.5 Å². The Kier molecular flexibility index (Phi) is 8.58. The topological polar surface area (TPSA) is 102 Å². The molecule has 8 rings (SSSR count). The molecule has 0 N–H and O–H groups in total. The van der Waals surface area contributed by atoms with E-state index in [-0.39, 0.29) is 57.6 Å². The lowest BCUT2D eigenvalue weighted by molar-refractivity contribution is -0.142. The van der Waals surface area contributed by atoms with E-state index in [2.05, 4.69) is 10.1 Å². The van der Waals surface area contributed by atoms with Gasteiger partial charge in [-0.15, -0.1) is 0 Å². The lowest BCUT2D eigenvalue weighted by atomic mass is 9.86. The van der Waals surface area contributed by atoms with Crippen LogP contribution in [0.1, 0.15) is 90.9 Å². The number of rotatable bonds is 10. The zero-order chi connectivity index (χ0) is 40.0. The molecule has 1 aliphatic heterocycles. The fourth-order valence-electron chi connectivity index (χ4n) is 7.91. The second-order valence-corrected chi connectivity index (χ2v) is 14.1. The third kappa shape index (κ3) is 6.16. The monoisotopic (exact) mass is 778 g/mol. The highest BCUT2D eigenvalue weighted by Gasteiger charge is 2.68. The molecule has 286 valence electrons. The number of fused-ring (bicyclic) bond motifs is 4. The Morgan fingerprint density at radius 1 is 0.911 bits per heavy atom. The number of nitrogens with zero attached hydrogens (tertiary/aromatic N) is 4. The third-order valence-electron chi connectivity index (χ3n) is 10.4. The summed E-state index contributed by atoms with van der Waals surface area (Å²) in [6.07, 6.45) is -5.11. The van der Waals surface area contributed by atoms with Crippen molar-refractivity contribution in [2.45, 2.75) is 56.7 Å². The maximum Gasteiger partial charge on any atom is 0.435 e. The predicted molar refractivity (Wildman–Crippen MR) is 182 cm³/mol. The van der Waals surface area contributed by atoms with Crippen LogP contribution in [0.3, 0.4) is 0 Å². The molecular weight excluding hydrogens is 752 g/mol. The Morgan fingerprint density at radius 3 is 2.20 bits per heavy atom. The summed E-state index contributed by atoms with van der Waals surface area (Å²) in [6, 6.07) is 13.3. The van der Waals surface area contributed by atoms with Crippen molar-refractivity contribution < 1.29 is 54.3 Å². The summed E-state index contributed by atoms with van der Waals surface area (Å²) in [5.41, 5.74) is -3.23. The summed E-state index contributed by atoms with van der Waals surface area (Å²) in [6.45, 7) is 0.0920. The van der Waals surface area contributed by atoms with Crippen molar-refractivity contribution in [3.63, 3.8) is 0 Å². The summed E-state index contributed by atoms with van der Waals surface area (Å²) < 4.78 is 117. The zero-order valence-corrected chi connectivity index (χ0v) is 28.9. The van der Waals surface area contributed by atoms with Crippen LogP contribution in [0, 0.1) is 23.4 Å². The maximum absolute atomic E-state index is 15.3. The van der Waals surface area contributed by atoms with E-state index in [0.717, 1.165) is 36.2 Å². The molecule has 8 nitrogen and oxygen atoms in total. The number of imide groups is 1. The first-order valence-corrected chi connectivity index (χ1v) is 17.3. The van der Waals surface area contributed by atoms with E-state index in [1.54, 1.807) is 12.1 Å². The van der Waals surface area contributed by atoms with Crippen LogP contribution in [0.4, 0.5) is 40.8 Å². The zero-order valence-electron chi connectivity index (χ0n) is 28.9. The summed E-state index contributed by atoms with van der Waals surface area (Å²) in [5, 5.41) is 3.43. The van der Waals surface area contributed by atoms with Crippen LogP contribution < -0.4 is 4.90 Å². The molecule has 5 aromatic rings. The number of carbonyl (C=O) groups is 4. The highest BCUT2D eigenvalue weighted by molar-refractivity contribution is 6.34. The number of ketones is 2. The first kappa shape index (κ1) is 36.9. The van der Waals surface area contributed by atoms with Crippen LogP contribution in [0.5, 0.6) is 0 Å². The van der Waals surface area contributed by atoms with Gasteiger partial charge < -0.3 is 0 Å². The van der Waals surface area contributed by atoms with Crippen molar-refractivity contribution in [1.29, 1.82) is 0 Å². The van der Waals surface area contributed by atoms with E-state index < -0.39 is 101 Å². The number of anilines is 1. The van der Waals surface area contributed by atoms with Crippen molar-refractivity contribution >= 4 is 29.1 Å². The number of Topliss-reactive ketones (excluding diaryl/α,β-unsaturated/α-hetero) is 2. The van der Waals surface area contributed by atoms with E-state index in [4.69, 9.17) is 0 Å². The minimum atomic E-state index is -5.08. The lowest BCUT2D eigenvalue weighted by Crippen LogP contribution is -2.29. The molecule has 56 heavy (non-hydrogen) atoms. The molecule has 3 aliphatic rings. The molecule has 0 spiro atoms. The van der Waals surface area contributed by atoms with E-state index in [0.29, 0.717) is 10.7 Å². The SMILES string of the molecule is CC(=O)c1cc(-c2cc(N3C(=O)c4ccccc4C3=O)cnc2[C@@H](CC(=O)Cn2nc(C(F)(F)F)c3c2C(F)(F)[C@@H]2C[C@H]32)Cc2cc(F)cc(F)c2)ccc1F. The van der Waals surface area contributed by atoms with Gasteiger partial charge >= 0.3 is 6.18 Å². The maximum atomic E-state index is 15.3. The van der Waals surface area contributed by atoms with E-state index in [1.165, 1.54) is 30.3 Å². The van der Waals surface area contributed by atoms with Crippen LogP contribution in [-0.2, 0) is 29.9 Å². The minimum absolute atomic E-state index is 0.00645. The van der Waals surface area contributed by atoms with Gasteiger partial charge in [0.25, 0.3) is 17.7 Å². The average Bonchev–Trinajstić information content (AvgIpc) is 3.70. The van der Waals surface area contributed by atoms with Crippen LogP contribution in [0.25, 0.3) is 11.1 Å². The number of hydrogen-bond acceptors (Lipinski definition) is 6. The molecule has 3 atom stereocenters. The molecule has 0 saturated heterocycles. The highest BCUT2D eigenvalue weighted by Crippen LogP contribution is 2.68. The Balaban J connectivity index is 1.24. The quantitative estimate of drug-likeness (QED) is 0.0800. The number of benzene rings is 3. The Labute approximate surface area is 311 Å². The normalized spacial score (nSPS) is 18.5. The van der Waals surface area contributed by atoms with Crippen molar-refractivity contribution in [3.05, 3.63) is 135 Å². The number of hydrogen-bond donors (Lipinski definition) is 0. The highest BCUT2D eigenvalue weighted by atomic mass is 19.4. The van der Waals surface area contributed by atoms with Gasteiger partial charge in [0.1, 0.15) is 29.7 Å². The van der Waals surface area contributed by atoms with Gasteiger partial charge in [0, 0.05) is 35.4 Å². The summed E-state index contributed by atoms with van der Waals surface area (Å²) in [4.78, 5) is 58.5. The third-order valence-corrected chi connectivity index (χ3v) is 10.4. The van der Waals surface area contributed by atoms with Crippen LogP contribution >= 0.6 is 0 Å². The molecule has 1 saturated carbocycles. The van der Waals surface area contributed by atoms with E-state index in [1.807, 2.05) is 0 Å². The number of carbonyl (C=O) groups excluding carboxylic acids is 4. The standard InChI is InChI=1S/C40H26F8N4O4/c1-18(53)28-12-20(6-7-32(28)43)29-14-24(52-37(55)26-4-2-3-5-27(26)38(52)56)16-49-34(29)21(8-19-9-22(41)13-23(42)10-19)11-25(54)17-51-36-33(35(50-51)40(46,47)48)30-15-31(30)39(36,44)45/h2-7,9-10,12-14,16,21,30-31H,8,11,15,17H2,1H3/t21-,30+,31-/m1/s1. The second-order valence-electron chi connectivity index (χ2n) is 14.1. The smallest absolute Gasteiger partial charge is 0.298 e. The minimum Gasteiger partial charge on any atom is -0.298 e. The molecule has 3 heterocycles. The van der Waals surface area contributed by atoms with Crippen molar-refractivity contribution in [1.82, 2.24) is 14.8 Å². The van der Waals surface area contributed by atoms with Gasteiger partial charge in [-0.1, -0.05) is 18.2 Å². The molecule has 0 radical (unpaired) electrons. The van der Waals surface area contributed by atoms with Crippen molar-refractivity contribution in [2.24, 2.45) is 5.92 Å². The van der Waals surface area contributed by atoms with Crippen molar-refractivity contribution in [3.8, 4) is 11.1 Å². The number of pyridine rings is 1. The summed E-state index contributed by atoms with van der Waals surface area (Å²) in [5.74, 6) is -13.1. The molecule has 3 aromatic carbocycles. The Morgan fingerprint density at radius 2 is 1.57 bits per heavy atom. The van der Waals surface area contributed by atoms with Gasteiger partial charge in [-0.25, -0.2) is 18.1 Å². The average molecular weight is 779 g/mol. The number of halogens is 8. The molecular formula is C40H26F8N4O4. The predicted octanol–water partition coefficient (Wildman–Crippen LogP) is 8.58. The summed E-state index contributed by atoms with van der Waals surface area (Å²) in [7, 11) is 0. The molecule has 0 unspecified atom stereocenters. The van der Waals surface area contributed by atoms with Crippen LogP contribution in [-0.4, -0.2) is 38.1 Å². The number of alkyl halides is 5. The second kappa shape index (κ2) is 13.0. The van der Waals surface area contributed by atoms with Crippen LogP contribution in [0.15, 0.2) is 72.9 Å². The fourth-order valence-corrected chi connectivity index (χ4v) is 7.91. The molecule has 16 heteroatoms. The molecule has 2 aromatic heterocycles. The van der Waals surface area contributed by atoms with E-state index >= 15 is 8.78 Å². The largest absolute Gasteiger partial charge is 0.435 e. The van der Waals surface area contributed by atoms with Gasteiger partial charge in [0.05, 0.1) is 34.3 Å². The van der Waals surface area contributed by atoms with Crippen molar-refractivity contribution in [2.75, 3.05) is 4.90 Å². The Hall–Kier alpha value is -6.06. The summed E-state index contributed by atoms with van der Waals surface area (Å²) >= 11 is 0. The molecule has 2 aliphatic carbocycles. The molecule has 1 fully saturated rings. The van der Waals surface area contributed by atoms with Gasteiger partial charge in [-0.3, -0.25) is 28.8 Å². The Bertz CT molecular complexity index is 2470. The first-order valence-electron chi connectivity index (χ1n) is 17.3.